The van der Waals surface area contributed by atoms with Gasteiger partial charge in [0.1, 0.15) is 0 Å². The van der Waals surface area contributed by atoms with E-state index in [-0.39, 0.29) is 18.1 Å². The highest BCUT2D eigenvalue weighted by molar-refractivity contribution is 5.83. The molecule has 0 N–H and O–H groups in total. The molecule has 5 nitrogen and oxygen atoms in total. The number of carbonyl (C=O) groups excluding carboxylic acids is 1. The van der Waals surface area contributed by atoms with Crippen molar-refractivity contribution in [2.75, 3.05) is 33.3 Å². The zero-order valence-electron chi connectivity index (χ0n) is 8.85. The summed E-state index contributed by atoms with van der Waals surface area (Å²) < 4.78 is 5.25. The lowest BCUT2D eigenvalue weighted by Gasteiger charge is -2.33. The third-order valence-electron chi connectivity index (χ3n) is 3.08. The van der Waals surface area contributed by atoms with Gasteiger partial charge in [-0.3, -0.25) is 9.69 Å². The van der Waals surface area contributed by atoms with Crippen molar-refractivity contribution < 1.29 is 9.53 Å². The smallest absolute Gasteiger partial charge is 0.239 e. The van der Waals surface area contributed by atoms with Crippen molar-refractivity contribution in [1.29, 1.82) is 5.26 Å². The van der Waals surface area contributed by atoms with Gasteiger partial charge in [0.05, 0.1) is 18.7 Å². The highest BCUT2D eigenvalue weighted by Gasteiger charge is 2.36. The van der Waals surface area contributed by atoms with E-state index in [0.29, 0.717) is 13.2 Å². The van der Waals surface area contributed by atoms with Crippen molar-refractivity contribution in [3.05, 3.63) is 0 Å². The van der Waals surface area contributed by atoms with E-state index in [1.165, 1.54) is 0 Å². The van der Waals surface area contributed by atoms with Crippen LogP contribution in [0.4, 0.5) is 0 Å². The first kappa shape index (κ1) is 10.4. The van der Waals surface area contributed by atoms with Gasteiger partial charge in [-0.25, -0.2) is 0 Å². The zero-order chi connectivity index (χ0) is 10.8. The predicted octanol–water partition coefficient (Wildman–Crippen LogP) is -0.559. The van der Waals surface area contributed by atoms with Crippen molar-refractivity contribution in [2.45, 2.75) is 18.6 Å². The van der Waals surface area contributed by atoms with Crippen molar-refractivity contribution in [2.24, 2.45) is 0 Å². The minimum absolute atomic E-state index is 0.0326. The Morgan fingerprint density at radius 3 is 2.93 bits per heavy atom. The summed E-state index contributed by atoms with van der Waals surface area (Å²) in [6.45, 7) is 2.67. The van der Waals surface area contributed by atoms with Crippen LogP contribution in [0.15, 0.2) is 0 Å². The van der Waals surface area contributed by atoms with Gasteiger partial charge < -0.3 is 9.64 Å². The molecular formula is C10H15N3O2. The van der Waals surface area contributed by atoms with Crippen molar-refractivity contribution >= 4 is 5.91 Å². The summed E-state index contributed by atoms with van der Waals surface area (Å²) in [5, 5.41) is 8.77. The van der Waals surface area contributed by atoms with Gasteiger partial charge in [-0.1, -0.05) is 0 Å². The van der Waals surface area contributed by atoms with E-state index in [4.69, 9.17) is 10.00 Å². The Labute approximate surface area is 89.2 Å². The van der Waals surface area contributed by atoms with Crippen LogP contribution >= 0.6 is 0 Å². The summed E-state index contributed by atoms with van der Waals surface area (Å²) in [5.74, 6) is 0.175. The molecule has 0 aromatic carbocycles. The second-order valence-electron chi connectivity index (χ2n) is 4.05. The average molecular weight is 209 g/mol. The third-order valence-corrected chi connectivity index (χ3v) is 3.08. The fourth-order valence-electron chi connectivity index (χ4n) is 2.17. The largest absolute Gasteiger partial charge is 0.361 e. The Morgan fingerprint density at radius 1 is 1.53 bits per heavy atom. The first-order valence-corrected chi connectivity index (χ1v) is 5.22. The number of amides is 1. The average Bonchev–Trinajstić information content (AvgIpc) is 2.60. The van der Waals surface area contributed by atoms with Crippen LogP contribution in [-0.4, -0.2) is 61.1 Å². The number of hydrogen-bond donors (Lipinski definition) is 0. The molecule has 2 rings (SSSR count). The lowest BCUT2D eigenvalue weighted by molar-refractivity contribution is -0.133. The quantitative estimate of drug-likeness (QED) is 0.581. The topological polar surface area (TPSA) is 56.6 Å². The van der Waals surface area contributed by atoms with Crippen LogP contribution in [0.2, 0.25) is 0 Å². The summed E-state index contributed by atoms with van der Waals surface area (Å²) in [6, 6.07) is 2.06. The molecular weight excluding hydrogens is 194 g/mol. The molecule has 0 aromatic rings. The second kappa shape index (κ2) is 4.17. The normalized spacial score (nSPS) is 33.1. The number of nitriles is 1. The van der Waals surface area contributed by atoms with Gasteiger partial charge in [0.15, 0.2) is 6.10 Å². The molecule has 5 heteroatoms. The summed E-state index contributed by atoms with van der Waals surface area (Å²) in [5.41, 5.74) is 0. The molecule has 0 radical (unpaired) electrons. The fourth-order valence-corrected chi connectivity index (χ4v) is 2.17. The maximum atomic E-state index is 11.8. The molecule has 2 aliphatic rings. The summed E-state index contributed by atoms with van der Waals surface area (Å²) >= 11 is 0. The van der Waals surface area contributed by atoms with Gasteiger partial charge in [-0.05, 0) is 6.42 Å². The number of morpholine rings is 1. The molecule has 82 valence electrons. The molecule has 2 atom stereocenters. The van der Waals surface area contributed by atoms with Crippen LogP contribution in [0.25, 0.3) is 0 Å². The number of likely N-dealkylation sites (N-methyl/N-ethyl adjacent to an activating group) is 1. The Morgan fingerprint density at radius 2 is 2.33 bits per heavy atom. The van der Waals surface area contributed by atoms with E-state index >= 15 is 0 Å². The lowest BCUT2D eigenvalue weighted by atomic mass is 10.1. The SMILES string of the molecule is CN1CCC(N2CCOC(C#N)C2)C1=O. The molecule has 2 saturated heterocycles. The molecule has 0 saturated carbocycles. The Bertz CT molecular complexity index is 300. The van der Waals surface area contributed by atoms with E-state index in [9.17, 15) is 4.79 Å². The fraction of sp³-hybridized carbons (Fsp3) is 0.800. The van der Waals surface area contributed by atoms with Crippen LogP contribution < -0.4 is 0 Å². The van der Waals surface area contributed by atoms with E-state index in [0.717, 1.165) is 19.5 Å². The van der Waals surface area contributed by atoms with Gasteiger partial charge in [-0.2, -0.15) is 5.26 Å². The Balaban J connectivity index is 1.99. The summed E-state index contributed by atoms with van der Waals surface area (Å²) in [7, 11) is 1.82. The summed E-state index contributed by atoms with van der Waals surface area (Å²) in [4.78, 5) is 15.6. The number of rotatable bonds is 1. The highest BCUT2D eigenvalue weighted by Crippen LogP contribution is 2.18. The molecule has 2 aliphatic heterocycles. The molecule has 0 aromatic heterocycles. The highest BCUT2D eigenvalue weighted by atomic mass is 16.5. The van der Waals surface area contributed by atoms with Crippen LogP contribution in [0.3, 0.4) is 0 Å². The predicted molar refractivity (Wildman–Crippen MR) is 53.0 cm³/mol. The van der Waals surface area contributed by atoms with Crippen molar-refractivity contribution in [1.82, 2.24) is 9.80 Å². The lowest BCUT2D eigenvalue weighted by Crippen LogP contribution is -2.49. The van der Waals surface area contributed by atoms with E-state index < -0.39 is 0 Å². The minimum Gasteiger partial charge on any atom is -0.361 e. The number of carbonyl (C=O) groups is 1. The molecule has 0 aliphatic carbocycles. The number of hydrogen-bond acceptors (Lipinski definition) is 4. The van der Waals surface area contributed by atoms with Gasteiger partial charge in [0, 0.05) is 26.7 Å². The van der Waals surface area contributed by atoms with Gasteiger partial charge in [0.2, 0.25) is 5.91 Å². The molecule has 2 heterocycles. The first-order valence-electron chi connectivity index (χ1n) is 5.22. The minimum atomic E-state index is -0.377. The van der Waals surface area contributed by atoms with Gasteiger partial charge in [0.25, 0.3) is 0 Å². The molecule has 2 unspecified atom stereocenters. The van der Waals surface area contributed by atoms with E-state index in [1.54, 1.807) is 4.90 Å². The third kappa shape index (κ3) is 1.96. The van der Waals surface area contributed by atoms with Crippen LogP contribution in [-0.2, 0) is 9.53 Å². The monoisotopic (exact) mass is 209 g/mol. The van der Waals surface area contributed by atoms with Gasteiger partial charge in [-0.15, -0.1) is 0 Å². The molecule has 0 bridgehead atoms. The second-order valence-corrected chi connectivity index (χ2v) is 4.05. The standard InChI is InChI=1S/C10H15N3O2/c1-12-3-2-9(10(12)14)13-4-5-15-8(6-11)7-13/h8-9H,2-5,7H2,1H3. The van der Waals surface area contributed by atoms with Gasteiger partial charge >= 0.3 is 0 Å². The maximum absolute atomic E-state index is 11.8. The van der Waals surface area contributed by atoms with Crippen LogP contribution in [0, 0.1) is 11.3 Å². The maximum Gasteiger partial charge on any atom is 0.239 e. The van der Waals surface area contributed by atoms with E-state index in [2.05, 4.69) is 11.0 Å². The molecule has 2 fully saturated rings. The number of likely N-dealkylation sites (tertiary alicyclic amines) is 1. The zero-order valence-corrected chi connectivity index (χ0v) is 8.85. The van der Waals surface area contributed by atoms with E-state index in [1.807, 2.05) is 7.05 Å². The first-order chi connectivity index (χ1) is 7.22. The molecule has 15 heavy (non-hydrogen) atoms. The van der Waals surface area contributed by atoms with Crippen molar-refractivity contribution in [3.63, 3.8) is 0 Å². The molecule has 1 amide bonds. The van der Waals surface area contributed by atoms with Crippen LogP contribution in [0.5, 0.6) is 0 Å². The molecule has 0 spiro atoms. The number of ether oxygens (including phenoxy) is 1. The Kier molecular flexibility index (Phi) is 2.89. The van der Waals surface area contributed by atoms with Crippen molar-refractivity contribution in [3.8, 4) is 6.07 Å². The Hall–Kier alpha value is -1.12. The number of nitrogens with zero attached hydrogens (tertiary/aromatic N) is 3. The van der Waals surface area contributed by atoms with Crippen LogP contribution in [0.1, 0.15) is 6.42 Å². The summed E-state index contributed by atoms with van der Waals surface area (Å²) in [6.07, 6.45) is 0.491.